The fourth-order valence-corrected chi connectivity index (χ4v) is 2.63. The van der Waals surface area contributed by atoms with Gasteiger partial charge in [-0.2, -0.15) is 5.10 Å². The Labute approximate surface area is 145 Å². The molecule has 0 saturated heterocycles. The van der Waals surface area contributed by atoms with Crippen molar-refractivity contribution in [3.8, 4) is 0 Å². The van der Waals surface area contributed by atoms with Crippen molar-refractivity contribution in [2.75, 3.05) is 6.54 Å². The summed E-state index contributed by atoms with van der Waals surface area (Å²) in [4.78, 5) is 26.3. The van der Waals surface area contributed by atoms with E-state index in [0.717, 1.165) is 11.3 Å². The van der Waals surface area contributed by atoms with Crippen LogP contribution in [0.2, 0.25) is 0 Å². The maximum Gasteiger partial charge on any atom is 0.410 e. The molecule has 0 aliphatic carbocycles. The Morgan fingerprint density at radius 1 is 1.44 bits per heavy atom. The van der Waals surface area contributed by atoms with Crippen LogP contribution in [0.15, 0.2) is 22.8 Å². The fraction of sp³-hybridized carbons (Fsp3) is 0.471. The van der Waals surface area contributed by atoms with Crippen molar-refractivity contribution in [1.82, 2.24) is 20.4 Å². The number of H-pyrrole nitrogens is 1. The topological polar surface area (TPSA) is 100 Å². The molecule has 134 valence electrons. The van der Waals surface area contributed by atoms with Gasteiger partial charge in [-0.25, -0.2) is 4.79 Å². The maximum atomic E-state index is 12.4. The van der Waals surface area contributed by atoms with E-state index in [0.29, 0.717) is 31.0 Å². The smallest absolute Gasteiger partial charge is 0.410 e. The van der Waals surface area contributed by atoms with Crippen LogP contribution in [0.1, 0.15) is 48.3 Å². The first-order valence-corrected chi connectivity index (χ1v) is 8.18. The van der Waals surface area contributed by atoms with Crippen molar-refractivity contribution in [2.45, 2.75) is 45.9 Å². The summed E-state index contributed by atoms with van der Waals surface area (Å²) in [5.74, 6) is 0.355. The van der Waals surface area contributed by atoms with Gasteiger partial charge in [0.1, 0.15) is 11.4 Å². The standard InChI is InChI=1S/C17H22N4O4/c1-17(2,3)25-16(23)21-7-6-13-12(10-21)14(20-19-13)15(22)18-9-11-5-4-8-24-11/h4-5,8H,6-7,9-10H2,1-3H3,(H,18,22)(H,19,20). The SMILES string of the molecule is CC(C)(C)OC(=O)N1CCc2[nH]nc(C(=O)NCc3ccco3)c2C1. The van der Waals surface area contributed by atoms with Gasteiger partial charge in [-0.3, -0.25) is 9.89 Å². The van der Waals surface area contributed by atoms with Crippen LogP contribution in [0.5, 0.6) is 0 Å². The van der Waals surface area contributed by atoms with E-state index in [1.807, 2.05) is 20.8 Å². The second-order valence-electron chi connectivity index (χ2n) is 6.94. The molecule has 0 bridgehead atoms. The Kier molecular flexibility index (Phi) is 4.52. The monoisotopic (exact) mass is 346 g/mol. The van der Waals surface area contributed by atoms with Gasteiger partial charge >= 0.3 is 6.09 Å². The third-order valence-electron chi connectivity index (χ3n) is 3.80. The van der Waals surface area contributed by atoms with Crippen LogP contribution in [0.3, 0.4) is 0 Å². The summed E-state index contributed by atoms with van der Waals surface area (Å²) < 4.78 is 10.6. The van der Waals surface area contributed by atoms with Crippen LogP contribution in [-0.4, -0.2) is 39.2 Å². The fourth-order valence-electron chi connectivity index (χ4n) is 2.63. The van der Waals surface area contributed by atoms with E-state index < -0.39 is 5.60 Å². The van der Waals surface area contributed by atoms with Crippen LogP contribution < -0.4 is 5.32 Å². The van der Waals surface area contributed by atoms with Crippen LogP contribution in [-0.2, 0) is 24.2 Å². The van der Waals surface area contributed by atoms with Gasteiger partial charge in [0.15, 0.2) is 5.69 Å². The summed E-state index contributed by atoms with van der Waals surface area (Å²) in [6.45, 7) is 6.58. The molecule has 8 heteroatoms. The number of aromatic amines is 1. The second-order valence-corrected chi connectivity index (χ2v) is 6.94. The lowest BCUT2D eigenvalue weighted by Crippen LogP contribution is -2.40. The molecule has 0 aromatic carbocycles. The van der Waals surface area contributed by atoms with Gasteiger partial charge in [-0.1, -0.05) is 0 Å². The summed E-state index contributed by atoms with van der Waals surface area (Å²) in [5, 5.41) is 9.78. The van der Waals surface area contributed by atoms with Crippen LogP contribution in [0.25, 0.3) is 0 Å². The Morgan fingerprint density at radius 2 is 2.24 bits per heavy atom. The number of carbonyl (C=O) groups excluding carboxylic acids is 2. The number of aromatic nitrogens is 2. The molecule has 2 N–H and O–H groups in total. The van der Waals surface area contributed by atoms with Gasteiger partial charge in [-0.15, -0.1) is 0 Å². The number of nitrogens with one attached hydrogen (secondary N) is 2. The van der Waals surface area contributed by atoms with Crippen molar-refractivity contribution < 1.29 is 18.7 Å². The van der Waals surface area contributed by atoms with Crippen molar-refractivity contribution in [3.05, 3.63) is 41.1 Å². The predicted molar refractivity (Wildman–Crippen MR) is 88.8 cm³/mol. The highest BCUT2D eigenvalue weighted by molar-refractivity contribution is 5.94. The Balaban J connectivity index is 1.68. The van der Waals surface area contributed by atoms with E-state index in [4.69, 9.17) is 9.15 Å². The Hall–Kier alpha value is -2.77. The molecular weight excluding hydrogens is 324 g/mol. The number of hydrogen-bond donors (Lipinski definition) is 2. The quantitative estimate of drug-likeness (QED) is 0.887. The number of carbonyl (C=O) groups is 2. The number of nitrogens with zero attached hydrogens (tertiary/aromatic N) is 2. The van der Waals surface area contributed by atoms with Crippen molar-refractivity contribution in [3.63, 3.8) is 0 Å². The first-order chi connectivity index (χ1) is 11.8. The molecule has 3 rings (SSSR count). The molecule has 1 aliphatic rings. The molecule has 0 spiro atoms. The third-order valence-corrected chi connectivity index (χ3v) is 3.80. The summed E-state index contributed by atoms with van der Waals surface area (Å²) in [6.07, 6.45) is 1.77. The van der Waals surface area contributed by atoms with Crippen molar-refractivity contribution in [1.29, 1.82) is 0 Å². The number of fused-ring (bicyclic) bond motifs is 1. The van der Waals surface area contributed by atoms with Gasteiger partial charge in [-0.05, 0) is 32.9 Å². The molecule has 2 aromatic heterocycles. The Morgan fingerprint density at radius 3 is 2.92 bits per heavy atom. The maximum absolute atomic E-state index is 12.4. The zero-order valence-electron chi connectivity index (χ0n) is 14.6. The number of furan rings is 1. The molecule has 8 nitrogen and oxygen atoms in total. The van der Waals surface area contributed by atoms with E-state index in [1.54, 1.807) is 23.3 Å². The van der Waals surface area contributed by atoms with Crippen LogP contribution >= 0.6 is 0 Å². The number of ether oxygens (including phenoxy) is 1. The zero-order chi connectivity index (χ0) is 18.0. The Bertz CT molecular complexity index is 758. The minimum Gasteiger partial charge on any atom is -0.467 e. The van der Waals surface area contributed by atoms with E-state index in [1.165, 1.54) is 0 Å². The van der Waals surface area contributed by atoms with Crippen LogP contribution in [0, 0.1) is 0 Å². The second kappa shape index (κ2) is 6.62. The summed E-state index contributed by atoms with van der Waals surface area (Å²) >= 11 is 0. The average Bonchev–Trinajstić information content (AvgIpc) is 3.19. The van der Waals surface area contributed by atoms with Crippen LogP contribution in [0.4, 0.5) is 4.79 Å². The third kappa shape index (κ3) is 4.01. The molecule has 3 heterocycles. The first-order valence-electron chi connectivity index (χ1n) is 8.18. The largest absolute Gasteiger partial charge is 0.467 e. The minimum absolute atomic E-state index is 0.281. The highest BCUT2D eigenvalue weighted by atomic mass is 16.6. The van der Waals surface area contributed by atoms with Crippen molar-refractivity contribution >= 4 is 12.0 Å². The molecule has 2 aromatic rings. The minimum atomic E-state index is -0.559. The molecule has 25 heavy (non-hydrogen) atoms. The van der Waals surface area contributed by atoms with E-state index >= 15 is 0 Å². The molecule has 2 amide bonds. The van der Waals surface area contributed by atoms with E-state index in [9.17, 15) is 9.59 Å². The molecule has 0 fully saturated rings. The molecule has 0 unspecified atom stereocenters. The van der Waals surface area contributed by atoms with Gasteiger partial charge in [0, 0.05) is 24.2 Å². The van der Waals surface area contributed by atoms with Gasteiger partial charge < -0.3 is 19.4 Å². The van der Waals surface area contributed by atoms with Gasteiger partial charge in [0.25, 0.3) is 5.91 Å². The first kappa shape index (κ1) is 17.1. The summed E-state index contributed by atoms with van der Waals surface area (Å²) in [7, 11) is 0. The predicted octanol–water partition coefficient (Wildman–Crippen LogP) is 2.23. The lowest BCUT2D eigenvalue weighted by Gasteiger charge is -2.30. The van der Waals surface area contributed by atoms with Gasteiger partial charge in [0.05, 0.1) is 19.4 Å². The van der Waals surface area contributed by atoms with E-state index in [-0.39, 0.29) is 18.5 Å². The summed E-state index contributed by atoms with van der Waals surface area (Å²) in [5.41, 5.74) is 1.35. The average molecular weight is 346 g/mol. The molecule has 0 atom stereocenters. The van der Waals surface area contributed by atoms with Gasteiger partial charge in [0.2, 0.25) is 0 Å². The zero-order valence-corrected chi connectivity index (χ0v) is 14.6. The lowest BCUT2D eigenvalue weighted by atomic mass is 10.1. The van der Waals surface area contributed by atoms with Crippen molar-refractivity contribution in [2.24, 2.45) is 0 Å². The molecule has 0 radical (unpaired) electrons. The number of amides is 2. The number of rotatable bonds is 3. The molecular formula is C17H22N4O4. The highest BCUT2D eigenvalue weighted by Crippen LogP contribution is 2.22. The molecule has 1 aliphatic heterocycles. The summed E-state index contributed by atoms with van der Waals surface area (Å²) in [6, 6.07) is 3.54. The lowest BCUT2D eigenvalue weighted by molar-refractivity contribution is 0.0222. The highest BCUT2D eigenvalue weighted by Gasteiger charge is 2.30. The number of hydrogen-bond acceptors (Lipinski definition) is 5. The normalized spacial score (nSPS) is 14.1. The van der Waals surface area contributed by atoms with E-state index in [2.05, 4.69) is 15.5 Å². The molecule has 0 saturated carbocycles.